The fourth-order valence-corrected chi connectivity index (χ4v) is 2.67. The van der Waals surface area contributed by atoms with Gasteiger partial charge in [0.25, 0.3) is 5.91 Å². The Labute approximate surface area is 125 Å². The van der Waals surface area contributed by atoms with Gasteiger partial charge in [0.15, 0.2) is 0 Å². The molecule has 0 aliphatic heterocycles. The van der Waals surface area contributed by atoms with Gasteiger partial charge in [0.05, 0.1) is 4.88 Å². The lowest BCUT2D eigenvalue weighted by molar-refractivity contribution is 0.103. The number of anilines is 1. The highest BCUT2D eigenvalue weighted by molar-refractivity contribution is 7.80. The number of hydrogen-bond acceptors (Lipinski definition) is 3. The number of carbonyl (C=O) groups excluding carboxylic acids is 1. The van der Waals surface area contributed by atoms with Crippen molar-refractivity contribution in [3.05, 3.63) is 51.5 Å². The summed E-state index contributed by atoms with van der Waals surface area (Å²) >= 11 is 6.20. The number of nitrogens with two attached hydrogens (primary N) is 1. The van der Waals surface area contributed by atoms with Crippen LogP contribution in [0.15, 0.2) is 30.3 Å². The van der Waals surface area contributed by atoms with Gasteiger partial charge in [0, 0.05) is 16.1 Å². The van der Waals surface area contributed by atoms with Gasteiger partial charge in [-0.05, 0) is 36.8 Å². The van der Waals surface area contributed by atoms with Crippen molar-refractivity contribution in [2.24, 2.45) is 5.73 Å². The number of halogens is 1. The van der Waals surface area contributed by atoms with Crippen molar-refractivity contribution in [2.75, 3.05) is 5.32 Å². The minimum atomic E-state index is -0.500. The molecular formula is C14H13FN2OS2. The van der Waals surface area contributed by atoms with E-state index in [9.17, 15) is 9.18 Å². The van der Waals surface area contributed by atoms with Gasteiger partial charge in [0.1, 0.15) is 10.8 Å². The molecule has 0 spiro atoms. The van der Waals surface area contributed by atoms with E-state index >= 15 is 0 Å². The SMILES string of the molecule is CCc1ccc(C(=O)Nc2ccc(F)c(C(N)=S)c2)s1. The minimum Gasteiger partial charge on any atom is -0.389 e. The molecule has 0 aliphatic rings. The molecule has 0 saturated carbocycles. The summed E-state index contributed by atoms with van der Waals surface area (Å²) in [6, 6.07) is 7.84. The fourth-order valence-electron chi connectivity index (χ4n) is 1.67. The Morgan fingerprint density at radius 2 is 2.15 bits per heavy atom. The first kappa shape index (κ1) is 14.6. The first-order chi connectivity index (χ1) is 9.51. The van der Waals surface area contributed by atoms with E-state index in [-0.39, 0.29) is 16.5 Å². The standard InChI is InChI=1S/C14H13FN2OS2/c1-2-9-4-6-12(20-9)14(18)17-8-3-5-11(15)10(7-8)13(16)19/h3-7H,2H2,1H3,(H2,16,19)(H,17,18). The van der Waals surface area contributed by atoms with Crippen LogP contribution in [0.1, 0.15) is 27.0 Å². The first-order valence-corrected chi connectivity index (χ1v) is 7.23. The lowest BCUT2D eigenvalue weighted by Gasteiger charge is -2.06. The predicted octanol–water partition coefficient (Wildman–Crippen LogP) is 3.34. The van der Waals surface area contributed by atoms with Crippen LogP contribution in [0, 0.1) is 5.82 Å². The third-order valence-corrected chi connectivity index (χ3v) is 4.17. The van der Waals surface area contributed by atoms with Crippen LogP contribution in [0.4, 0.5) is 10.1 Å². The van der Waals surface area contributed by atoms with Gasteiger partial charge < -0.3 is 11.1 Å². The van der Waals surface area contributed by atoms with Crippen LogP contribution in [0.25, 0.3) is 0 Å². The molecule has 0 bridgehead atoms. The smallest absolute Gasteiger partial charge is 0.265 e. The number of hydrogen-bond donors (Lipinski definition) is 2. The number of amides is 1. The molecule has 1 aromatic carbocycles. The van der Waals surface area contributed by atoms with Crippen molar-refractivity contribution < 1.29 is 9.18 Å². The van der Waals surface area contributed by atoms with E-state index in [1.54, 1.807) is 6.07 Å². The summed E-state index contributed by atoms with van der Waals surface area (Å²) in [6.45, 7) is 2.03. The van der Waals surface area contributed by atoms with Gasteiger partial charge in [-0.15, -0.1) is 11.3 Å². The second-order valence-electron chi connectivity index (χ2n) is 4.13. The summed E-state index contributed by atoms with van der Waals surface area (Å²) in [5.74, 6) is -0.727. The van der Waals surface area contributed by atoms with Crippen molar-refractivity contribution in [3.8, 4) is 0 Å². The van der Waals surface area contributed by atoms with Crippen molar-refractivity contribution in [1.29, 1.82) is 0 Å². The van der Waals surface area contributed by atoms with Crippen LogP contribution in [0.2, 0.25) is 0 Å². The van der Waals surface area contributed by atoms with Gasteiger partial charge >= 0.3 is 0 Å². The number of thiophene rings is 1. The van der Waals surface area contributed by atoms with Gasteiger partial charge in [0.2, 0.25) is 0 Å². The Balaban J connectivity index is 2.19. The zero-order valence-corrected chi connectivity index (χ0v) is 12.4. The molecule has 104 valence electrons. The molecule has 3 nitrogen and oxygen atoms in total. The Bertz CT molecular complexity index is 667. The van der Waals surface area contributed by atoms with Gasteiger partial charge in [-0.25, -0.2) is 4.39 Å². The van der Waals surface area contributed by atoms with E-state index in [2.05, 4.69) is 5.32 Å². The monoisotopic (exact) mass is 308 g/mol. The van der Waals surface area contributed by atoms with Crippen molar-refractivity contribution in [2.45, 2.75) is 13.3 Å². The quantitative estimate of drug-likeness (QED) is 0.852. The molecule has 1 aromatic heterocycles. The molecular weight excluding hydrogens is 295 g/mol. The van der Waals surface area contributed by atoms with E-state index in [1.807, 2.05) is 13.0 Å². The lowest BCUT2D eigenvalue weighted by Crippen LogP contribution is -2.14. The molecule has 2 rings (SSSR count). The van der Waals surface area contributed by atoms with E-state index in [0.717, 1.165) is 11.3 Å². The number of nitrogens with one attached hydrogen (secondary N) is 1. The van der Waals surface area contributed by atoms with Crippen LogP contribution >= 0.6 is 23.6 Å². The van der Waals surface area contributed by atoms with Crippen molar-refractivity contribution >= 4 is 40.1 Å². The zero-order chi connectivity index (χ0) is 14.7. The zero-order valence-electron chi connectivity index (χ0n) is 10.8. The number of rotatable bonds is 4. The average Bonchev–Trinajstić information content (AvgIpc) is 2.89. The summed E-state index contributed by atoms with van der Waals surface area (Å²) in [6.07, 6.45) is 0.889. The highest BCUT2D eigenvalue weighted by Gasteiger charge is 2.11. The molecule has 0 aliphatic carbocycles. The summed E-state index contributed by atoms with van der Waals surface area (Å²) in [4.78, 5) is 13.8. The molecule has 1 amide bonds. The predicted molar refractivity (Wildman–Crippen MR) is 83.9 cm³/mol. The van der Waals surface area contributed by atoms with Crippen molar-refractivity contribution in [1.82, 2.24) is 0 Å². The Hall–Kier alpha value is -1.79. The van der Waals surface area contributed by atoms with Gasteiger partial charge in [-0.2, -0.15) is 0 Å². The molecule has 6 heteroatoms. The number of benzene rings is 1. The number of aryl methyl sites for hydroxylation is 1. The molecule has 2 aromatic rings. The summed E-state index contributed by atoms with van der Waals surface area (Å²) < 4.78 is 13.5. The summed E-state index contributed by atoms with van der Waals surface area (Å²) in [5, 5.41) is 2.71. The van der Waals surface area contributed by atoms with E-state index in [1.165, 1.54) is 29.5 Å². The second-order valence-corrected chi connectivity index (χ2v) is 5.74. The molecule has 0 radical (unpaired) electrons. The molecule has 20 heavy (non-hydrogen) atoms. The van der Waals surface area contributed by atoms with Crippen LogP contribution in [0.3, 0.4) is 0 Å². The number of thiocarbonyl (C=S) groups is 1. The maximum absolute atomic E-state index is 13.5. The first-order valence-electron chi connectivity index (χ1n) is 6.00. The fraction of sp³-hybridized carbons (Fsp3) is 0.143. The highest BCUT2D eigenvalue weighted by Crippen LogP contribution is 2.20. The van der Waals surface area contributed by atoms with Crippen LogP contribution in [-0.4, -0.2) is 10.9 Å². The molecule has 0 fully saturated rings. The van der Waals surface area contributed by atoms with Crippen LogP contribution in [-0.2, 0) is 6.42 Å². The maximum Gasteiger partial charge on any atom is 0.265 e. The third kappa shape index (κ3) is 3.20. The Morgan fingerprint density at radius 3 is 2.75 bits per heavy atom. The number of carbonyl (C=O) groups is 1. The molecule has 0 saturated heterocycles. The Morgan fingerprint density at radius 1 is 1.40 bits per heavy atom. The summed E-state index contributed by atoms with van der Waals surface area (Å²) in [5.41, 5.74) is 6.01. The molecule has 1 heterocycles. The topological polar surface area (TPSA) is 55.1 Å². The largest absolute Gasteiger partial charge is 0.389 e. The highest BCUT2D eigenvalue weighted by atomic mass is 32.1. The average molecular weight is 308 g/mol. The third-order valence-electron chi connectivity index (χ3n) is 2.72. The summed E-state index contributed by atoms with van der Waals surface area (Å²) in [7, 11) is 0. The minimum absolute atomic E-state index is 0.0389. The van der Waals surface area contributed by atoms with Gasteiger partial charge in [-0.1, -0.05) is 19.1 Å². The molecule has 0 unspecified atom stereocenters. The second kappa shape index (κ2) is 6.11. The van der Waals surface area contributed by atoms with E-state index < -0.39 is 5.82 Å². The van der Waals surface area contributed by atoms with Crippen molar-refractivity contribution in [3.63, 3.8) is 0 Å². The molecule has 0 atom stereocenters. The maximum atomic E-state index is 13.5. The van der Waals surface area contributed by atoms with Crippen LogP contribution in [0.5, 0.6) is 0 Å². The lowest BCUT2D eigenvalue weighted by atomic mass is 10.2. The van der Waals surface area contributed by atoms with E-state index in [4.69, 9.17) is 18.0 Å². The normalized spacial score (nSPS) is 10.3. The Kier molecular flexibility index (Phi) is 4.46. The van der Waals surface area contributed by atoms with Gasteiger partial charge in [-0.3, -0.25) is 4.79 Å². The molecule has 3 N–H and O–H groups in total. The van der Waals surface area contributed by atoms with E-state index in [0.29, 0.717) is 10.6 Å². The van der Waals surface area contributed by atoms with Crippen LogP contribution < -0.4 is 11.1 Å².